The van der Waals surface area contributed by atoms with Crippen LogP contribution in [0.3, 0.4) is 0 Å². The molecule has 17 heteroatoms. The third kappa shape index (κ3) is 3.63. The van der Waals surface area contributed by atoms with Gasteiger partial charge < -0.3 is 10.2 Å². The van der Waals surface area contributed by atoms with Gasteiger partial charge in [0.15, 0.2) is 0 Å². The Labute approximate surface area is 138 Å². The molecule has 164 valence electrons. The minimum atomic E-state index is -8.35. The van der Waals surface area contributed by atoms with E-state index >= 15 is 0 Å². The maximum absolute atomic E-state index is 13.2. The van der Waals surface area contributed by atoms with Crippen LogP contribution in [-0.2, 0) is 0 Å². The lowest BCUT2D eigenvalue weighted by molar-refractivity contribution is -0.453. The number of halogens is 15. The fraction of sp³-hybridized carbons (Fsp3) is 1.00. The first-order valence-electron chi connectivity index (χ1n) is 6.08. The molecule has 1 unspecified atom stereocenters. The van der Waals surface area contributed by atoms with E-state index in [2.05, 4.69) is 0 Å². The highest BCUT2D eigenvalue weighted by Crippen LogP contribution is 2.62. The Morgan fingerprint density at radius 3 is 1.11 bits per heavy atom. The molecule has 0 fully saturated rings. The van der Waals surface area contributed by atoms with E-state index in [1.165, 1.54) is 0 Å². The average molecular weight is 444 g/mol. The Hall–Kier alpha value is -1.13. The summed E-state index contributed by atoms with van der Waals surface area (Å²) in [6.07, 6.45) is -13.6. The summed E-state index contributed by atoms with van der Waals surface area (Å²) in [5.41, 5.74) is 0. The van der Waals surface area contributed by atoms with Crippen LogP contribution in [0.25, 0.3) is 0 Å². The third-order valence-electron chi connectivity index (χ3n) is 3.10. The summed E-state index contributed by atoms with van der Waals surface area (Å²) in [7, 11) is 0. The first kappa shape index (κ1) is 25.9. The van der Waals surface area contributed by atoms with Crippen LogP contribution in [-0.4, -0.2) is 64.6 Å². The van der Waals surface area contributed by atoms with Crippen LogP contribution >= 0.6 is 0 Å². The highest BCUT2D eigenvalue weighted by Gasteiger charge is 2.93. The largest absolute Gasteiger partial charge is 0.460 e. The van der Waals surface area contributed by atoms with Crippen molar-refractivity contribution in [1.29, 1.82) is 0 Å². The summed E-state index contributed by atoms with van der Waals surface area (Å²) in [6, 6.07) is 0. The highest BCUT2D eigenvalue weighted by molar-refractivity contribution is 5.13. The summed E-state index contributed by atoms with van der Waals surface area (Å²) in [5.74, 6) is -47.1. The van der Waals surface area contributed by atoms with Crippen LogP contribution in [0.1, 0.15) is 6.42 Å². The number of hydrogen-bond acceptors (Lipinski definition) is 2. The van der Waals surface area contributed by atoms with E-state index in [4.69, 9.17) is 10.2 Å². The molecule has 0 rings (SSSR count). The standard InChI is InChI=1S/C10H7F15O2/c11-4(12,1-3(27)2-26)5(13,14)6(15,16)7(17,18)8(19,20)9(21,22)10(23,24)25/h3,26-27H,1-2H2. The van der Waals surface area contributed by atoms with Gasteiger partial charge in [-0.1, -0.05) is 0 Å². The maximum atomic E-state index is 13.2. The van der Waals surface area contributed by atoms with Crippen LogP contribution < -0.4 is 0 Å². The molecule has 0 aromatic carbocycles. The zero-order chi connectivity index (χ0) is 22.5. The number of hydrogen-bond donors (Lipinski definition) is 2. The molecule has 0 radical (unpaired) electrons. The molecule has 0 amide bonds. The molecule has 0 aliphatic rings. The molecule has 0 bridgehead atoms. The molecule has 2 N–H and O–H groups in total. The van der Waals surface area contributed by atoms with E-state index in [9.17, 15) is 65.9 Å². The molecule has 0 aliphatic heterocycles. The lowest BCUT2D eigenvalue weighted by Crippen LogP contribution is -2.72. The minimum Gasteiger partial charge on any atom is -0.394 e. The molecule has 2 nitrogen and oxygen atoms in total. The van der Waals surface area contributed by atoms with Crippen LogP contribution in [0.15, 0.2) is 0 Å². The van der Waals surface area contributed by atoms with Gasteiger partial charge in [-0.2, -0.15) is 65.9 Å². The van der Waals surface area contributed by atoms with E-state index in [0.29, 0.717) is 0 Å². The van der Waals surface area contributed by atoms with Gasteiger partial charge in [0.1, 0.15) is 0 Å². The van der Waals surface area contributed by atoms with Crippen LogP contribution in [0.2, 0.25) is 0 Å². The number of alkyl halides is 15. The van der Waals surface area contributed by atoms with Gasteiger partial charge in [0, 0.05) is 6.42 Å². The second kappa shape index (κ2) is 6.73. The quantitative estimate of drug-likeness (QED) is 0.554. The fourth-order valence-corrected chi connectivity index (χ4v) is 1.49. The molecule has 1 atom stereocenters. The van der Waals surface area contributed by atoms with Crippen molar-refractivity contribution in [2.75, 3.05) is 6.61 Å². The lowest BCUT2D eigenvalue weighted by Gasteiger charge is -2.41. The molecule has 27 heavy (non-hydrogen) atoms. The SMILES string of the molecule is OCC(O)CC(F)(F)C(F)(F)C(F)(F)C(F)(F)C(F)(F)C(F)(F)C(F)(F)F. The van der Waals surface area contributed by atoms with Crippen molar-refractivity contribution in [2.24, 2.45) is 0 Å². The fourth-order valence-electron chi connectivity index (χ4n) is 1.49. The molecule has 0 heterocycles. The van der Waals surface area contributed by atoms with Crippen molar-refractivity contribution >= 4 is 0 Å². The van der Waals surface area contributed by atoms with Crippen molar-refractivity contribution in [2.45, 2.75) is 54.2 Å². The molecule has 0 saturated heterocycles. The van der Waals surface area contributed by atoms with Gasteiger partial charge in [-0.3, -0.25) is 0 Å². The van der Waals surface area contributed by atoms with E-state index in [0.717, 1.165) is 0 Å². The highest BCUT2D eigenvalue weighted by atomic mass is 19.4. The van der Waals surface area contributed by atoms with Gasteiger partial charge in [-0.05, 0) is 0 Å². The van der Waals surface area contributed by atoms with Gasteiger partial charge in [0.25, 0.3) is 0 Å². The Morgan fingerprint density at radius 1 is 0.519 bits per heavy atom. The van der Waals surface area contributed by atoms with Gasteiger partial charge in [0.05, 0.1) is 12.7 Å². The topological polar surface area (TPSA) is 40.5 Å². The molecule has 0 aliphatic carbocycles. The summed E-state index contributed by atoms with van der Waals surface area (Å²) < 4.78 is 191. The first-order chi connectivity index (χ1) is 11.5. The summed E-state index contributed by atoms with van der Waals surface area (Å²) in [4.78, 5) is 0. The van der Waals surface area contributed by atoms with Crippen molar-refractivity contribution in [3.63, 3.8) is 0 Å². The number of aliphatic hydroxyl groups is 2. The first-order valence-corrected chi connectivity index (χ1v) is 6.08. The molecule has 0 spiro atoms. The van der Waals surface area contributed by atoms with E-state index in [-0.39, 0.29) is 0 Å². The van der Waals surface area contributed by atoms with E-state index < -0.39 is 60.8 Å². The Morgan fingerprint density at radius 2 is 0.815 bits per heavy atom. The van der Waals surface area contributed by atoms with Gasteiger partial charge >= 0.3 is 41.7 Å². The number of aliphatic hydroxyl groups excluding tert-OH is 2. The van der Waals surface area contributed by atoms with Crippen molar-refractivity contribution in [3.05, 3.63) is 0 Å². The normalized spacial score (nSPS) is 17.2. The van der Waals surface area contributed by atoms with Gasteiger partial charge in [0.2, 0.25) is 0 Å². The maximum Gasteiger partial charge on any atom is 0.460 e. The Kier molecular flexibility index (Phi) is 6.45. The molecule has 0 aromatic heterocycles. The lowest BCUT2D eigenvalue weighted by atomic mass is 9.89. The Balaban J connectivity index is 6.39. The zero-order valence-corrected chi connectivity index (χ0v) is 12.1. The second-order valence-electron chi connectivity index (χ2n) is 5.11. The average Bonchev–Trinajstić information content (AvgIpc) is 2.44. The predicted molar refractivity (Wildman–Crippen MR) is 53.4 cm³/mol. The smallest absolute Gasteiger partial charge is 0.394 e. The molecular formula is C10H7F15O2. The predicted octanol–water partition coefficient (Wildman–Crippen LogP) is 4.10. The van der Waals surface area contributed by atoms with Crippen LogP contribution in [0.4, 0.5) is 65.9 Å². The zero-order valence-electron chi connectivity index (χ0n) is 12.1. The second-order valence-corrected chi connectivity index (χ2v) is 5.11. The van der Waals surface area contributed by atoms with Crippen molar-refractivity contribution in [3.8, 4) is 0 Å². The van der Waals surface area contributed by atoms with Gasteiger partial charge in [-0.25, -0.2) is 0 Å². The number of rotatable bonds is 8. The summed E-state index contributed by atoms with van der Waals surface area (Å²) in [5, 5.41) is 16.7. The molecule has 0 saturated carbocycles. The Bertz CT molecular complexity index is 523. The van der Waals surface area contributed by atoms with Crippen LogP contribution in [0.5, 0.6) is 0 Å². The third-order valence-corrected chi connectivity index (χ3v) is 3.10. The summed E-state index contributed by atoms with van der Waals surface area (Å²) >= 11 is 0. The van der Waals surface area contributed by atoms with Gasteiger partial charge in [-0.15, -0.1) is 0 Å². The monoisotopic (exact) mass is 444 g/mol. The molecule has 0 aromatic rings. The minimum absolute atomic E-state index is 1.84. The van der Waals surface area contributed by atoms with E-state index in [1.54, 1.807) is 0 Å². The van der Waals surface area contributed by atoms with Crippen molar-refractivity contribution in [1.82, 2.24) is 0 Å². The molecular weight excluding hydrogens is 437 g/mol. The van der Waals surface area contributed by atoms with Crippen LogP contribution in [0, 0.1) is 0 Å². The summed E-state index contributed by atoms with van der Waals surface area (Å²) in [6.45, 7) is -1.84. The van der Waals surface area contributed by atoms with E-state index in [1.807, 2.05) is 0 Å². The van der Waals surface area contributed by atoms with Crippen molar-refractivity contribution < 1.29 is 76.1 Å².